The molecule has 42 radical (unpaired) electrons. The molecule has 0 heterocycles. The molecule has 0 bridgehead atoms. The van der Waals surface area contributed by atoms with Crippen molar-refractivity contribution in [3.63, 3.8) is 0 Å². The van der Waals surface area contributed by atoms with E-state index in [0.29, 0.717) is 49.3 Å². The number of halogens is 6. The van der Waals surface area contributed by atoms with Crippen LogP contribution in [0.15, 0.2) is 29.8 Å². The first kappa shape index (κ1) is 259. The predicted octanol–water partition coefficient (Wildman–Crippen LogP) is 9.80. The Kier molecular flexibility index (Phi) is 405. The third-order valence-corrected chi connectivity index (χ3v) is 13.6. The van der Waals surface area contributed by atoms with E-state index in [0.717, 1.165) is 70.9 Å². The van der Waals surface area contributed by atoms with Crippen molar-refractivity contribution in [1.29, 1.82) is 0 Å². The maximum Gasteiger partial charge on any atom is 0.416 e. The van der Waals surface area contributed by atoms with E-state index in [1.807, 2.05) is 0 Å². The zero-order valence-electron chi connectivity index (χ0n) is 55.1. The number of unbranched alkanes of at least 4 members (excludes halogenated alkanes) is 3. The molecule has 1 aromatic rings. The zero-order valence-corrected chi connectivity index (χ0v) is 175. The smallest absolute Gasteiger partial charge is 0.416 e. The van der Waals surface area contributed by atoms with Crippen LogP contribution in [-0.4, -0.2) is 48.9 Å². The number of carbonyl (C=O) groups is 2. The summed E-state index contributed by atoms with van der Waals surface area (Å²) in [5.41, 5.74) is -2.52. The number of hydrogen-bond donors (Lipinski definition) is 3. The van der Waals surface area contributed by atoms with Crippen molar-refractivity contribution in [2.45, 2.75) is 122 Å². The average Bonchev–Trinajstić information content (AvgIpc) is 3.42. The number of hydrogen-bond acceptors (Lipinski definition) is 5. The normalized spacial score (nSPS) is 17.6. The van der Waals surface area contributed by atoms with Gasteiger partial charge in [-0.3, -0.25) is 9.36 Å². The molecule has 1 aromatic carbocycles. The molecule has 0 aliphatic heterocycles. The van der Waals surface area contributed by atoms with E-state index in [9.17, 15) is 40.5 Å². The van der Waals surface area contributed by atoms with Crippen molar-refractivity contribution in [3.8, 4) is 0 Å². The molecular formula is C38H53F6N2O6PY42. The molecular weight excluding hydrogens is 4460 g/mol. The van der Waals surface area contributed by atoms with Gasteiger partial charge in [0.15, 0.2) is 0 Å². The number of rotatable bonds is 12. The Balaban J connectivity index is -0.0000000215. The molecule has 3 N–H and O–H groups in total. The molecule has 8 nitrogen and oxygen atoms in total. The fraction of sp³-hybridized carbons (Fsp3) is 0.737. The van der Waals surface area contributed by atoms with Crippen LogP contribution in [0.4, 0.5) is 31.1 Å². The van der Waals surface area contributed by atoms with Gasteiger partial charge in [-0.2, -0.15) is 26.3 Å². The van der Waals surface area contributed by atoms with Gasteiger partial charge < -0.3 is 24.8 Å². The van der Waals surface area contributed by atoms with Crippen molar-refractivity contribution in [3.05, 3.63) is 46.5 Å². The number of nitrogens with one attached hydrogen (secondary N) is 2. The first-order chi connectivity index (χ1) is 24.6. The number of alkyl halides is 6. The monoisotopic (exact) mass is 4510 g/mol. The minimum Gasteiger partial charge on any atom is -0.446 e. The number of fused-ring (bicyclic) bond motifs is 5. The second-order valence-corrected chi connectivity index (χ2v) is 18.2. The molecule has 4 aliphatic carbocycles. The predicted molar refractivity (Wildman–Crippen MR) is 187 cm³/mol. The summed E-state index contributed by atoms with van der Waals surface area (Å²) in [6, 6.07) is 0.540. The zero-order chi connectivity index (χ0) is 39.0. The summed E-state index contributed by atoms with van der Waals surface area (Å²) in [4.78, 5) is 34.9. The summed E-state index contributed by atoms with van der Waals surface area (Å²) in [5.74, 6) is 0.285. The molecule has 3 fully saturated rings. The molecule has 9 atom stereocenters. The topological polar surface area (TPSA) is 114 Å². The maximum absolute atomic E-state index is 13.5. The van der Waals surface area contributed by atoms with Gasteiger partial charge in [-0.25, -0.2) is 4.79 Å². The molecule has 4 aliphatic rings. The van der Waals surface area contributed by atoms with Crippen molar-refractivity contribution in [2.24, 2.45) is 34.5 Å². The number of allylic oxidation sites excluding steroid dienone is 1. The Morgan fingerprint density at radius 3 is 1.26 bits per heavy atom. The summed E-state index contributed by atoms with van der Waals surface area (Å²) >= 11 is 0. The van der Waals surface area contributed by atoms with Crippen LogP contribution in [0.1, 0.15) is 119 Å². The number of benzene rings is 1. The summed E-state index contributed by atoms with van der Waals surface area (Å²) in [6.07, 6.45) is 1.60. The van der Waals surface area contributed by atoms with Crippen molar-refractivity contribution in [1.82, 2.24) is 10.6 Å². The molecule has 1 unspecified atom stereocenters. The summed E-state index contributed by atoms with van der Waals surface area (Å²) in [5, 5.41) is 5.62. The Hall–Kier alpha value is 43.8. The fourth-order valence-electron chi connectivity index (χ4n) is 10.3. The van der Waals surface area contributed by atoms with Crippen molar-refractivity contribution >= 4 is 19.6 Å². The fourth-order valence-corrected chi connectivity index (χ4v) is 10.7. The van der Waals surface area contributed by atoms with Crippen LogP contribution < -0.4 is 10.6 Å². The molecule has 57 heteroatoms. The largest absolute Gasteiger partial charge is 0.446 e. The van der Waals surface area contributed by atoms with Crippen LogP contribution in [0.25, 0.3) is 0 Å². The van der Waals surface area contributed by atoms with Gasteiger partial charge in [0.2, 0.25) is 0 Å². The van der Waals surface area contributed by atoms with Gasteiger partial charge in [0.25, 0.3) is 5.91 Å². The van der Waals surface area contributed by atoms with E-state index in [1.165, 1.54) is 5.57 Å². The number of alkyl carbamates (subject to hydrolysis) is 1. The molecule has 0 spiro atoms. The van der Waals surface area contributed by atoms with Gasteiger partial charge >= 0.3 is 26.0 Å². The molecule has 424 valence electrons. The van der Waals surface area contributed by atoms with Crippen molar-refractivity contribution < 1.29 is 1430 Å². The molecule has 3 saturated carbocycles. The van der Waals surface area contributed by atoms with E-state index >= 15 is 0 Å². The van der Waals surface area contributed by atoms with Crippen LogP contribution in [0.3, 0.4) is 0 Å². The van der Waals surface area contributed by atoms with E-state index in [-0.39, 0.29) is 1410 Å². The van der Waals surface area contributed by atoms with Crippen molar-refractivity contribution in [2.75, 3.05) is 19.8 Å². The third-order valence-electron chi connectivity index (χ3n) is 12.9. The Bertz CT molecular complexity index is 1640. The third kappa shape index (κ3) is 107. The molecule has 95 heavy (non-hydrogen) atoms. The van der Waals surface area contributed by atoms with E-state index in [4.69, 9.17) is 14.2 Å². The summed E-state index contributed by atoms with van der Waals surface area (Å²) in [7, 11) is -3.45. The minimum absolute atomic E-state index is 0. The summed E-state index contributed by atoms with van der Waals surface area (Å²) < 4.78 is 103. The number of amides is 2. The molecule has 5 rings (SSSR count). The SMILES string of the molecule is C[C@@H](NC(=O)c1cc(C(F)(F)F)cc(C(F)(F)F)c1)[C@H]1CC[C@H]2[C@@H]3CC=C4C[C@@H](OC(=O)NCCCCCCOP(C)(=O)O)CC[C@]4(C)[C@H]3CC[C@]12C.[Y].[Y].[Y].[Y].[Y].[Y].[Y].[Y].[Y].[Y].[Y].[Y].[Y].[Y].[Y].[Y].[Y].[Y].[Y].[Y].[Y].[Y].[Y].[Y].[Y].[Y].[Y].[Y].[Y].[Y].[Y].[Y].[Y].[Y].[Y].[Y].[Y].[Y].[Y].[Y].[Y].[Y]. The van der Waals surface area contributed by atoms with E-state index in [1.54, 1.807) is 6.92 Å². The van der Waals surface area contributed by atoms with Gasteiger partial charge in [-0.15, -0.1) is 0 Å². The minimum atomic E-state index is -5.04. The van der Waals surface area contributed by atoms with Gasteiger partial charge in [-0.1, -0.05) is 38.3 Å². The van der Waals surface area contributed by atoms with Crippen LogP contribution in [0.2, 0.25) is 0 Å². The molecule has 0 saturated heterocycles. The second kappa shape index (κ2) is 148. The first-order valence-electron chi connectivity index (χ1n) is 18.8. The van der Waals surface area contributed by atoms with Gasteiger partial charge in [0, 0.05) is 1410 Å². The Labute approximate surface area is 1630 Å². The van der Waals surface area contributed by atoms with Gasteiger partial charge in [0.1, 0.15) is 6.10 Å². The maximum atomic E-state index is 13.5. The number of ether oxygens (including phenoxy) is 1. The Morgan fingerprint density at radius 2 is 0.905 bits per heavy atom. The van der Waals surface area contributed by atoms with Gasteiger partial charge in [0.05, 0.1) is 17.7 Å². The van der Waals surface area contributed by atoms with Crippen LogP contribution >= 0.6 is 7.60 Å². The van der Waals surface area contributed by atoms with E-state index < -0.39 is 54.7 Å². The summed E-state index contributed by atoms with van der Waals surface area (Å²) in [6.45, 7) is 8.25. The molecule has 2 amide bonds. The van der Waals surface area contributed by atoms with Crippen LogP contribution in [0.5, 0.6) is 0 Å². The number of carbonyl (C=O) groups excluding carboxylic acids is 2. The second-order valence-electron chi connectivity index (χ2n) is 16.3. The first-order valence-corrected chi connectivity index (χ1v) is 20.8. The standard InChI is InChI=1S/C38H53F6N2O6P.42Y/c1-23(46-33(47)24-19-26(37(39,40)41)21-27(20-24)38(42,43)44)30-11-12-31-29-10-9-25-22-28(13-15-35(25,2)32(29)14-16-36(30,31)3)52-34(48)45-17-7-5-6-8-18-51-53(4,49)50;;;;;;;;;;;;;;;;;;;;;;;;;;;;;;;;;;;;;;;;;;/h9,19-21,23,28-32H,5-8,10-18,22H2,1-4H3,(H,45,48)(H,46,47)(H,49,50);;;;;;;;;;;;;;;;;;;;;;;;;;;;;;;;;;;;;;;;;;/t23-,28+,29+,30-,31+,32+,35+,36-;;;;;;;;;;;;;;;;;;;;;;;;;;;;;;;;;;;;;;;;;;/m1........................................../s1. The van der Waals surface area contributed by atoms with Crippen LogP contribution in [0, 0.1) is 34.5 Å². The Morgan fingerprint density at radius 1 is 0.537 bits per heavy atom. The van der Waals surface area contributed by atoms with Crippen LogP contribution in [-0.2, 0) is 1400 Å². The van der Waals surface area contributed by atoms with E-state index in [2.05, 4.69) is 30.6 Å². The quantitative estimate of drug-likeness (QED) is 0.0832. The van der Waals surface area contributed by atoms with Gasteiger partial charge in [-0.05, 0) is 117 Å². The average molecular weight is 4510 g/mol. The molecule has 0 aromatic heterocycles.